The minimum Gasteiger partial charge on any atom is -0.342 e. The van der Waals surface area contributed by atoms with Gasteiger partial charge in [0.2, 0.25) is 5.91 Å². The Hall–Kier alpha value is -2.93. The quantitative estimate of drug-likeness (QED) is 0.395. The van der Waals surface area contributed by atoms with Crippen LogP contribution in [-0.2, 0) is 17.8 Å². The molecular formula is C24H27N5OS. The molecule has 1 aliphatic rings. The number of allylic oxidation sites excluding steroid dienone is 1. The molecule has 0 bridgehead atoms. The fraction of sp³-hybridized carbons (Fsp3) is 0.333. The van der Waals surface area contributed by atoms with E-state index in [4.69, 9.17) is 0 Å². The molecule has 31 heavy (non-hydrogen) atoms. The Labute approximate surface area is 187 Å². The van der Waals surface area contributed by atoms with E-state index in [-0.39, 0.29) is 5.91 Å². The van der Waals surface area contributed by atoms with Gasteiger partial charge in [-0.2, -0.15) is 0 Å². The molecule has 1 amide bonds. The van der Waals surface area contributed by atoms with Crippen molar-refractivity contribution in [3.05, 3.63) is 73.1 Å². The number of carbonyl (C=O) groups excluding carboxylic acids is 1. The van der Waals surface area contributed by atoms with Crippen molar-refractivity contribution in [2.45, 2.75) is 31.0 Å². The molecule has 4 rings (SSSR count). The van der Waals surface area contributed by atoms with Gasteiger partial charge in [0.15, 0.2) is 11.0 Å². The highest BCUT2D eigenvalue weighted by atomic mass is 32.2. The number of aromatic nitrogens is 4. The number of pyridine rings is 1. The van der Waals surface area contributed by atoms with E-state index in [0.717, 1.165) is 48.9 Å². The van der Waals surface area contributed by atoms with Crippen LogP contribution in [0.3, 0.4) is 0 Å². The minimum atomic E-state index is 0.168. The SMILES string of the molecule is C=CCn1c(SCC(=O)N2CCC(Cc3ccccc3)CC2)nnc1-c1ccncc1. The molecule has 0 atom stereocenters. The molecule has 0 N–H and O–H groups in total. The molecule has 0 unspecified atom stereocenters. The molecule has 0 spiro atoms. The average molecular weight is 434 g/mol. The lowest BCUT2D eigenvalue weighted by Crippen LogP contribution is -2.39. The molecule has 1 aliphatic heterocycles. The van der Waals surface area contributed by atoms with Gasteiger partial charge in [-0.25, -0.2) is 0 Å². The van der Waals surface area contributed by atoms with Gasteiger partial charge in [0, 0.05) is 37.6 Å². The molecule has 160 valence electrons. The third kappa shape index (κ3) is 5.41. The molecule has 2 aromatic heterocycles. The summed E-state index contributed by atoms with van der Waals surface area (Å²) in [6, 6.07) is 14.4. The van der Waals surface area contributed by atoms with Crippen LogP contribution in [0.5, 0.6) is 0 Å². The maximum absolute atomic E-state index is 12.8. The number of carbonyl (C=O) groups is 1. The van der Waals surface area contributed by atoms with E-state index in [2.05, 4.69) is 52.1 Å². The second-order valence-corrected chi connectivity index (χ2v) is 8.69. The molecule has 1 saturated heterocycles. The summed E-state index contributed by atoms with van der Waals surface area (Å²) in [5.41, 5.74) is 2.33. The Bertz CT molecular complexity index is 997. The lowest BCUT2D eigenvalue weighted by Gasteiger charge is -2.32. The van der Waals surface area contributed by atoms with Gasteiger partial charge in [0.25, 0.3) is 0 Å². The average Bonchev–Trinajstić information content (AvgIpc) is 3.22. The normalized spacial score (nSPS) is 14.5. The lowest BCUT2D eigenvalue weighted by atomic mass is 9.90. The first-order valence-corrected chi connectivity index (χ1v) is 11.6. The van der Waals surface area contributed by atoms with Gasteiger partial charge in [-0.3, -0.25) is 14.3 Å². The van der Waals surface area contributed by atoms with Gasteiger partial charge in [0.05, 0.1) is 5.75 Å². The molecule has 7 heteroatoms. The predicted octanol–water partition coefficient (Wildman–Crippen LogP) is 4.10. The highest BCUT2D eigenvalue weighted by Gasteiger charge is 2.24. The summed E-state index contributed by atoms with van der Waals surface area (Å²) in [5.74, 6) is 1.95. The third-order valence-electron chi connectivity index (χ3n) is 5.63. The number of amides is 1. The molecule has 0 aliphatic carbocycles. The predicted molar refractivity (Wildman–Crippen MR) is 124 cm³/mol. The summed E-state index contributed by atoms with van der Waals surface area (Å²) in [4.78, 5) is 18.9. The Morgan fingerprint density at radius 1 is 1.10 bits per heavy atom. The first kappa shape index (κ1) is 21.3. The number of benzene rings is 1. The molecule has 3 aromatic rings. The van der Waals surface area contributed by atoms with E-state index in [0.29, 0.717) is 18.2 Å². The lowest BCUT2D eigenvalue weighted by molar-refractivity contribution is -0.129. The Morgan fingerprint density at radius 2 is 1.84 bits per heavy atom. The number of nitrogens with zero attached hydrogens (tertiary/aromatic N) is 5. The fourth-order valence-corrected chi connectivity index (χ4v) is 4.81. The van der Waals surface area contributed by atoms with Crippen LogP contribution in [-0.4, -0.2) is 49.4 Å². The van der Waals surface area contributed by atoms with E-state index in [1.165, 1.54) is 17.3 Å². The van der Waals surface area contributed by atoms with Crippen LogP contribution >= 0.6 is 11.8 Å². The molecule has 1 fully saturated rings. The maximum atomic E-state index is 12.8. The molecule has 3 heterocycles. The van der Waals surface area contributed by atoms with Crippen molar-refractivity contribution in [1.29, 1.82) is 0 Å². The van der Waals surface area contributed by atoms with Gasteiger partial charge in [-0.15, -0.1) is 16.8 Å². The largest absolute Gasteiger partial charge is 0.342 e. The van der Waals surface area contributed by atoms with Gasteiger partial charge < -0.3 is 4.90 Å². The number of rotatable bonds is 8. The second-order valence-electron chi connectivity index (χ2n) is 7.74. The smallest absolute Gasteiger partial charge is 0.233 e. The fourth-order valence-electron chi connectivity index (χ4n) is 3.96. The van der Waals surface area contributed by atoms with Crippen LogP contribution in [0.15, 0.2) is 72.7 Å². The van der Waals surface area contributed by atoms with E-state index in [9.17, 15) is 4.79 Å². The zero-order chi connectivity index (χ0) is 21.5. The van der Waals surface area contributed by atoms with Gasteiger partial charge in [-0.1, -0.05) is 48.2 Å². The van der Waals surface area contributed by atoms with Crippen LogP contribution in [0.25, 0.3) is 11.4 Å². The van der Waals surface area contributed by atoms with E-state index < -0.39 is 0 Å². The Kier molecular flexibility index (Phi) is 7.14. The van der Waals surface area contributed by atoms with Crippen molar-refractivity contribution in [3.63, 3.8) is 0 Å². The van der Waals surface area contributed by atoms with Crippen molar-refractivity contribution >= 4 is 17.7 Å². The van der Waals surface area contributed by atoms with Crippen LogP contribution in [0.4, 0.5) is 0 Å². The van der Waals surface area contributed by atoms with Gasteiger partial charge >= 0.3 is 0 Å². The second kappa shape index (κ2) is 10.4. The van der Waals surface area contributed by atoms with Crippen molar-refractivity contribution < 1.29 is 4.79 Å². The standard InChI is InChI=1S/C24H27N5OS/c1-2-14-29-23(21-8-12-25-13-9-21)26-27-24(29)31-18-22(30)28-15-10-20(11-16-28)17-19-6-4-3-5-7-19/h2-9,12-13,20H,1,10-11,14-18H2. The van der Waals surface area contributed by atoms with E-state index in [1.54, 1.807) is 12.4 Å². The number of likely N-dealkylation sites (tertiary alicyclic amines) is 1. The molecule has 0 saturated carbocycles. The van der Waals surface area contributed by atoms with Crippen molar-refractivity contribution in [2.75, 3.05) is 18.8 Å². The first-order valence-electron chi connectivity index (χ1n) is 10.6. The Morgan fingerprint density at radius 3 is 2.55 bits per heavy atom. The van der Waals surface area contributed by atoms with E-state index >= 15 is 0 Å². The van der Waals surface area contributed by atoms with Crippen LogP contribution in [0.2, 0.25) is 0 Å². The summed E-state index contributed by atoms with van der Waals surface area (Å²) >= 11 is 1.44. The molecule has 1 aromatic carbocycles. The molecule has 6 nitrogen and oxygen atoms in total. The zero-order valence-corrected chi connectivity index (χ0v) is 18.4. The van der Waals surface area contributed by atoms with Crippen LogP contribution < -0.4 is 0 Å². The summed E-state index contributed by atoms with van der Waals surface area (Å²) in [7, 11) is 0. The van der Waals surface area contributed by atoms with Crippen LogP contribution in [0.1, 0.15) is 18.4 Å². The zero-order valence-electron chi connectivity index (χ0n) is 17.6. The number of hydrogen-bond acceptors (Lipinski definition) is 5. The summed E-state index contributed by atoms with van der Waals surface area (Å²) < 4.78 is 1.99. The Balaban J connectivity index is 1.32. The topological polar surface area (TPSA) is 63.9 Å². The molecular weight excluding hydrogens is 406 g/mol. The van der Waals surface area contributed by atoms with Crippen molar-refractivity contribution in [3.8, 4) is 11.4 Å². The van der Waals surface area contributed by atoms with Crippen LogP contribution in [0, 0.1) is 5.92 Å². The number of hydrogen-bond donors (Lipinski definition) is 0. The summed E-state index contributed by atoms with van der Waals surface area (Å²) in [6.45, 7) is 6.10. The summed E-state index contributed by atoms with van der Waals surface area (Å²) in [6.07, 6.45) is 8.51. The van der Waals surface area contributed by atoms with Gasteiger partial charge in [-0.05, 0) is 42.9 Å². The summed E-state index contributed by atoms with van der Waals surface area (Å²) in [5, 5.41) is 9.40. The first-order chi connectivity index (χ1) is 15.2. The monoisotopic (exact) mass is 433 g/mol. The highest BCUT2D eigenvalue weighted by molar-refractivity contribution is 7.99. The molecule has 0 radical (unpaired) electrons. The van der Waals surface area contributed by atoms with Crippen molar-refractivity contribution in [2.24, 2.45) is 5.92 Å². The van der Waals surface area contributed by atoms with Crippen molar-refractivity contribution in [1.82, 2.24) is 24.6 Å². The van der Waals surface area contributed by atoms with Gasteiger partial charge in [0.1, 0.15) is 0 Å². The highest BCUT2D eigenvalue weighted by Crippen LogP contribution is 2.26. The number of piperidine rings is 1. The van der Waals surface area contributed by atoms with E-state index in [1.807, 2.05) is 27.7 Å². The maximum Gasteiger partial charge on any atom is 0.233 e. The minimum absolute atomic E-state index is 0.168. The number of thioether (sulfide) groups is 1. The third-order valence-corrected chi connectivity index (χ3v) is 6.58.